The Labute approximate surface area is 136 Å². The van der Waals surface area contributed by atoms with Crippen molar-refractivity contribution in [2.45, 2.75) is 51.2 Å². The number of carboxylic acids is 1. The number of rotatable bonds is 8. The maximum atomic E-state index is 11.6. The second-order valence-electron chi connectivity index (χ2n) is 5.78. The molecule has 1 aliphatic rings. The van der Waals surface area contributed by atoms with Crippen molar-refractivity contribution in [2.24, 2.45) is 0 Å². The van der Waals surface area contributed by atoms with Crippen molar-refractivity contribution in [2.75, 3.05) is 6.54 Å². The third-order valence-electron chi connectivity index (χ3n) is 3.83. The highest BCUT2D eigenvalue weighted by molar-refractivity contribution is 5.73. The van der Waals surface area contributed by atoms with E-state index < -0.39 is 5.97 Å². The monoisotopic (exact) mass is 320 g/mol. The van der Waals surface area contributed by atoms with Gasteiger partial charge in [0.25, 0.3) is 0 Å². The number of carbonyl (C=O) groups excluding carboxylic acids is 1. The van der Waals surface area contributed by atoms with Gasteiger partial charge in [-0.15, -0.1) is 0 Å². The SMILES string of the molecule is O=C(O)CCCNC(=O)NCc1ccc(OC2CCCC2)cc1. The number of urea groups is 1. The Morgan fingerprint density at radius 1 is 1.13 bits per heavy atom. The van der Waals surface area contributed by atoms with Crippen LogP contribution >= 0.6 is 0 Å². The number of hydrogen-bond acceptors (Lipinski definition) is 3. The normalized spacial score (nSPS) is 14.4. The molecular weight excluding hydrogens is 296 g/mol. The van der Waals surface area contributed by atoms with E-state index in [9.17, 15) is 9.59 Å². The van der Waals surface area contributed by atoms with Gasteiger partial charge in [-0.1, -0.05) is 12.1 Å². The third kappa shape index (κ3) is 6.59. The molecule has 6 nitrogen and oxygen atoms in total. The van der Waals surface area contributed by atoms with Gasteiger partial charge in [-0.25, -0.2) is 4.79 Å². The molecule has 0 saturated heterocycles. The van der Waals surface area contributed by atoms with E-state index in [1.165, 1.54) is 12.8 Å². The second kappa shape index (κ2) is 9.02. The van der Waals surface area contributed by atoms with Crippen LogP contribution < -0.4 is 15.4 Å². The molecule has 23 heavy (non-hydrogen) atoms. The zero-order valence-electron chi connectivity index (χ0n) is 13.2. The summed E-state index contributed by atoms with van der Waals surface area (Å²) in [4.78, 5) is 21.9. The van der Waals surface area contributed by atoms with Crippen molar-refractivity contribution < 1.29 is 19.4 Å². The van der Waals surface area contributed by atoms with Crippen LogP contribution in [-0.2, 0) is 11.3 Å². The minimum absolute atomic E-state index is 0.0583. The molecule has 2 rings (SSSR count). The van der Waals surface area contributed by atoms with Gasteiger partial charge in [0.1, 0.15) is 5.75 Å². The van der Waals surface area contributed by atoms with E-state index in [0.29, 0.717) is 25.6 Å². The molecule has 0 atom stereocenters. The van der Waals surface area contributed by atoms with Crippen molar-refractivity contribution in [3.63, 3.8) is 0 Å². The molecule has 0 aromatic heterocycles. The van der Waals surface area contributed by atoms with Gasteiger partial charge in [0.15, 0.2) is 0 Å². The largest absolute Gasteiger partial charge is 0.490 e. The smallest absolute Gasteiger partial charge is 0.315 e. The molecular formula is C17H24N2O4. The Bertz CT molecular complexity index is 510. The van der Waals surface area contributed by atoms with Crippen LogP contribution in [0.1, 0.15) is 44.1 Å². The van der Waals surface area contributed by atoms with Gasteiger partial charge in [0.2, 0.25) is 0 Å². The highest BCUT2D eigenvalue weighted by atomic mass is 16.5. The van der Waals surface area contributed by atoms with Crippen molar-refractivity contribution in [3.8, 4) is 5.75 Å². The third-order valence-corrected chi connectivity index (χ3v) is 3.83. The molecule has 6 heteroatoms. The van der Waals surface area contributed by atoms with Gasteiger partial charge in [-0.3, -0.25) is 4.79 Å². The van der Waals surface area contributed by atoms with Crippen LogP contribution in [0.5, 0.6) is 5.75 Å². The van der Waals surface area contributed by atoms with Crippen LogP contribution in [0.2, 0.25) is 0 Å². The van der Waals surface area contributed by atoms with Gasteiger partial charge < -0.3 is 20.5 Å². The molecule has 0 radical (unpaired) electrons. The topological polar surface area (TPSA) is 87.7 Å². The maximum Gasteiger partial charge on any atom is 0.315 e. The predicted molar refractivity (Wildman–Crippen MR) is 86.4 cm³/mol. The lowest BCUT2D eigenvalue weighted by Crippen LogP contribution is -2.35. The quantitative estimate of drug-likeness (QED) is 0.643. The number of aliphatic carboxylic acids is 1. The van der Waals surface area contributed by atoms with Crippen LogP contribution in [0.25, 0.3) is 0 Å². The summed E-state index contributed by atoms with van der Waals surface area (Å²) in [5.74, 6) is 0.0193. The Morgan fingerprint density at radius 3 is 2.48 bits per heavy atom. The molecule has 2 amide bonds. The van der Waals surface area contributed by atoms with Crippen molar-refractivity contribution >= 4 is 12.0 Å². The number of carboxylic acid groups (broad SMARTS) is 1. The van der Waals surface area contributed by atoms with E-state index in [1.54, 1.807) is 0 Å². The summed E-state index contributed by atoms with van der Waals surface area (Å²) in [6, 6.07) is 7.45. The van der Waals surface area contributed by atoms with Crippen molar-refractivity contribution in [1.82, 2.24) is 10.6 Å². The summed E-state index contributed by atoms with van der Waals surface area (Å²) in [6.45, 7) is 0.779. The summed E-state index contributed by atoms with van der Waals surface area (Å²) in [5.41, 5.74) is 0.990. The Hall–Kier alpha value is -2.24. The molecule has 0 bridgehead atoms. The molecule has 1 aliphatic carbocycles. The summed E-state index contributed by atoms with van der Waals surface area (Å²) in [7, 11) is 0. The van der Waals surface area contributed by atoms with E-state index in [1.807, 2.05) is 24.3 Å². The average Bonchev–Trinajstić information content (AvgIpc) is 3.04. The lowest BCUT2D eigenvalue weighted by molar-refractivity contribution is -0.137. The fraction of sp³-hybridized carbons (Fsp3) is 0.529. The van der Waals surface area contributed by atoms with Crippen molar-refractivity contribution in [3.05, 3.63) is 29.8 Å². The highest BCUT2D eigenvalue weighted by Crippen LogP contribution is 2.24. The van der Waals surface area contributed by atoms with Crippen LogP contribution in [-0.4, -0.2) is 29.8 Å². The van der Waals surface area contributed by atoms with E-state index in [4.69, 9.17) is 9.84 Å². The number of amides is 2. The van der Waals surface area contributed by atoms with E-state index in [0.717, 1.165) is 24.2 Å². The number of carbonyl (C=O) groups is 2. The average molecular weight is 320 g/mol. The maximum absolute atomic E-state index is 11.6. The number of ether oxygens (including phenoxy) is 1. The number of hydrogen-bond donors (Lipinski definition) is 3. The first-order chi connectivity index (χ1) is 11.1. The Kier molecular flexibility index (Phi) is 6.72. The van der Waals surface area contributed by atoms with E-state index >= 15 is 0 Å². The molecule has 1 aromatic rings. The van der Waals surface area contributed by atoms with Crippen LogP contribution in [0.4, 0.5) is 4.79 Å². The number of nitrogens with one attached hydrogen (secondary N) is 2. The van der Waals surface area contributed by atoms with Crippen LogP contribution in [0.15, 0.2) is 24.3 Å². The fourth-order valence-electron chi connectivity index (χ4n) is 2.57. The zero-order chi connectivity index (χ0) is 16.5. The molecule has 0 aliphatic heterocycles. The first-order valence-electron chi connectivity index (χ1n) is 8.12. The summed E-state index contributed by atoms with van der Waals surface area (Å²) in [5, 5.41) is 13.9. The van der Waals surface area contributed by atoms with Gasteiger partial charge in [0.05, 0.1) is 6.10 Å². The van der Waals surface area contributed by atoms with E-state index in [-0.39, 0.29) is 12.5 Å². The van der Waals surface area contributed by atoms with E-state index in [2.05, 4.69) is 10.6 Å². The van der Waals surface area contributed by atoms with Gasteiger partial charge in [-0.05, 0) is 49.8 Å². The molecule has 126 valence electrons. The van der Waals surface area contributed by atoms with Crippen LogP contribution in [0, 0.1) is 0 Å². The summed E-state index contributed by atoms with van der Waals surface area (Å²) < 4.78 is 5.89. The van der Waals surface area contributed by atoms with Crippen LogP contribution in [0.3, 0.4) is 0 Å². The lowest BCUT2D eigenvalue weighted by atomic mass is 10.2. The molecule has 0 unspecified atom stereocenters. The fourth-order valence-corrected chi connectivity index (χ4v) is 2.57. The molecule has 1 fully saturated rings. The highest BCUT2D eigenvalue weighted by Gasteiger charge is 2.16. The molecule has 1 saturated carbocycles. The first-order valence-corrected chi connectivity index (χ1v) is 8.12. The van der Waals surface area contributed by atoms with Gasteiger partial charge in [-0.2, -0.15) is 0 Å². The standard InChI is InChI=1S/C17H24N2O4/c20-16(21)6-3-11-18-17(22)19-12-13-7-9-15(10-8-13)23-14-4-1-2-5-14/h7-10,14H,1-6,11-12H2,(H,20,21)(H2,18,19,22). The molecule has 0 heterocycles. The predicted octanol–water partition coefficient (Wildman–Crippen LogP) is 2.67. The number of benzene rings is 1. The molecule has 1 aromatic carbocycles. The minimum atomic E-state index is -0.855. The zero-order valence-corrected chi connectivity index (χ0v) is 13.2. The second-order valence-corrected chi connectivity index (χ2v) is 5.78. The Morgan fingerprint density at radius 2 is 1.83 bits per heavy atom. The van der Waals surface area contributed by atoms with Gasteiger partial charge >= 0.3 is 12.0 Å². The lowest BCUT2D eigenvalue weighted by Gasteiger charge is -2.13. The first kappa shape index (κ1) is 17.1. The van der Waals surface area contributed by atoms with Crippen molar-refractivity contribution in [1.29, 1.82) is 0 Å². The summed E-state index contributed by atoms with van der Waals surface area (Å²) >= 11 is 0. The molecule has 3 N–H and O–H groups in total. The molecule has 0 spiro atoms. The van der Waals surface area contributed by atoms with Gasteiger partial charge in [0, 0.05) is 19.5 Å². The Balaban J connectivity index is 1.65. The summed E-state index contributed by atoms with van der Waals surface area (Å²) in [6.07, 6.45) is 5.58. The minimum Gasteiger partial charge on any atom is -0.490 e.